The molecule has 21 heavy (non-hydrogen) atoms. The lowest BCUT2D eigenvalue weighted by Crippen LogP contribution is -2.55. The minimum absolute atomic E-state index is 0.234. The Kier molecular flexibility index (Phi) is 4.22. The molecule has 0 saturated carbocycles. The number of morpholine rings is 1. The molecule has 0 aromatic carbocycles. The number of ether oxygens (including phenoxy) is 1. The molecular formula is C16H23N3O2. The van der Waals surface area contributed by atoms with E-state index in [1.165, 1.54) is 0 Å². The number of carbonyl (C=O) groups excluding carboxylic acids is 1. The molecule has 0 aliphatic carbocycles. The number of hydrogen-bond donors (Lipinski definition) is 0. The summed E-state index contributed by atoms with van der Waals surface area (Å²) in [5.74, 6) is 0.234. The Morgan fingerprint density at radius 1 is 1.19 bits per heavy atom. The van der Waals surface area contributed by atoms with Crippen LogP contribution in [0.4, 0.5) is 0 Å². The van der Waals surface area contributed by atoms with Crippen LogP contribution < -0.4 is 0 Å². The van der Waals surface area contributed by atoms with Crippen molar-refractivity contribution < 1.29 is 9.53 Å². The first-order chi connectivity index (χ1) is 10.2. The van der Waals surface area contributed by atoms with Crippen LogP contribution in [0.3, 0.4) is 0 Å². The van der Waals surface area contributed by atoms with Gasteiger partial charge in [0.2, 0.25) is 5.91 Å². The maximum absolute atomic E-state index is 13.2. The Morgan fingerprint density at radius 2 is 1.90 bits per heavy atom. The summed E-state index contributed by atoms with van der Waals surface area (Å²) in [4.78, 5) is 22.0. The Labute approximate surface area is 125 Å². The molecular weight excluding hydrogens is 266 g/mol. The topological polar surface area (TPSA) is 45.7 Å². The van der Waals surface area contributed by atoms with Crippen LogP contribution in [-0.2, 0) is 14.9 Å². The average Bonchev–Trinajstić information content (AvgIpc) is 2.57. The van der Waals surface area contributed by atoms with Gasteiger partial charge in [0.1, 0.15) is 0 Å². The number of likely N-dealkylation sites (tertiary alicyclic amines) is 1. The molecule has 1 aromatic rings. The molecule has 2 aliphatic heterocycles. The summed E-state index contributed by atoms with van der Waals surface area (Å²) in [6.45, 7) is 4.56. The van der Waals surface area contributed by atoms with Crippen molar-refractivity contribution >= 4 is 5.91 Å². The van der Waals surface area contributed by atoms with Crippen molar-refractivity contribution in [3.63, 3.8) is 0 Å². The van der Waals surface area contributed by atoms with E-state index in [0.29, 0.717) is 26.3 Å². The molecule has 2 fully saturated rings. The lowest BCUT2D eigenvalue weighted by molar-refractivity contribution is -0.143. The highest BCUT2D eigenvalue weighted by Crippen LogP contribution is 2.36. The number of hydrogen-bond acceptors (Lipinski definition) is 4. The standard InChI is InChI=1S/C16H23N3O2/c1-18-8-5-16(6-9-18,14-4-2-3-7-17-14)15(20)19-10-12-21-13-11-19/h2-4,7H,5-6,8-13H2,1H3. The molecule has 5 heteroatoms. The summed E-state index contributed by atoms with van der Waals surface area (Å²) >= 11 is 0. The summed E-state index contributed by atoms with van der Waals surface area (Å²) in [6, 6.07) is 5.89. The van der Waals surface area contributed by atoms with Gasteiger partial charge < -0.3 is 14.5 Å². The fourth-order valence-electron chi connectivity index (χ4n) is 3.29. The third-order valence-corrected chi connectivity index (χ3v) is 4.70. The highest BCUT2D eigenvalue weighted by molar-refractivity contribution is 5.88. The van der Waals surface area contributed by atoms with Crippen molar-refractivity contribution in [2.24, 2.45) is 0 Å². The van der Waals surface area contributed by atoms with Crippen molar-refractivity contribution in [2.45, 2.75) is 18.3 Å². The molecule has 0 spiro atoms. The van der Waals surface area contributed by atoms with Crippen LogP contribution in [0.1, 0.15) is 18.5 Å². The van der Waals surface area contributed by atoms with E-state index >= 15 is 0 Å². The maximum Gasteiger partial charge on any atom is 0.235 e. The van der Waals surface area contributed by atoms with E-state index in [0.717, 1.165) is 31.6 Å². The van der Waals surface area contributed by atoms with Gasteiger partial charge in [-0.25, -0.2) is 0 Å². The van der Waals surface area contributed by atoms with Gasteiger partial charge in [0.05, 0.1) is 24.3 Å². The van der Waals surface area contributed by atoms with Gasteiger partial charge >= 0.3 is 0 Å². The summed E-state index contributed by atoms with van der Waals surface area (Å²) < 4.78 is 5.38. The molecule has 0 bridgehead atoms. The SMILES string of the molecule is CN1CCC(C(=O)N2CCOCC2)(c2ccccn2)CC1. The lowest BCUT2D eigenvalue weighted by Gasteiger charge is -2.42. The number of aromatic nitrogens is 1. The lowest BCUT2D eigenvalue weighted by atomic mass is 9.74. The number of rotatable bonds is 2. The zero-order valence-electron chi connectivity index (χ0n) is 12.6. The highest BCUT2D eigenvalue weighted by atomic mass is 16.5. The van der Waals surface area contributed by atoms with Gasteiger partial charge in [-0.3, -0.25) is 9.78 Å². The second-order valence-corrected chi connectivity index (χ2v) is 6.00. The van der Waals surface area contributed by atoms with E-state index in [4.69, 9.17) is 4.74 Å². The molecule has 0 radical (unpaired) electrons. The van der Waals surface area contributed by atoms with Crippen LogP contribution in [-0.4, -0.2) is 67.1 Å². The molecule has 0 atom stereocenters. The van der Waals surface area contributed by atoms with Crippen LogP contribution in [0.2, 0.25) is 0 Å². The van der Waals surface area contributed by atoms with Crippen LogP contribution in [0.5, 0.6) is 0 Å². The van der Waals surface area contributed by atoms with Gasteiger partial charge in [0.15, 0.2) is 0 Å². The van der Waals surface area contributed by atoms with Crippen molar-refractivity contribution in [3.8, 4) is 0 Å². The average molecular weight is 289 g/mol. The van der Waals surface area contributed by atoms with Crippen molar-refractivity contribution in [1.29, 1.82) is 0 Å². The summed E-state index contributed by atoms with van der Waals surface area (Å²) in [5, 5.41) is 0. The largest absolute Gasteiger partial charge is 0.378 e. The third-order valence-electron chi connectivity index (χ3n) is 4.70. The fraction of sp³-hybridized carbons (Fsp3) is 0.625. The molecule has 5 nitrogen and oxygen atoms in total. The second-order valence-electron chi connectivity index (χ2n) is 6.00. The molecule has 1 amide bonds. The number of amides is 1. The quantitative estimate of drug-likeness (QED) is 0.811. The minimum atomic E-state index is -0.453. The maximum atomic E-state index is 13.2. The number of piperidine rings is 1. The van der Waals surface area contributed by atoms with E-state index in [1.54, 1.807) is 6.20 Å². The zero-order valence-corrected chi connectivity index (χ0v) is 12.6. The second kappa shape index (κ2) is 6.12. The van der Waals surface area contributed by atoms with Gasteiger partial charge in [-0.1, -0.05) is 6.07 Å². The van der Waals surface area contributed by atoms with Crippen molar-refractivity contribution in [2.75, 3.05) is 46.4 Å². The molecule has 114 valence electrons. The molecule has 3 heterocycles. The number of carbonyl (C=O) groups is 1. The van der Waals surface area contributed by atoms with Crippen molar-refractivity contribution in [1.82, 2.24) is 14.8 Å². The molecule has 2 saturated heterocycles. The van der Waals surface area contributed by atoms with E-state index in [1.807, 2.05) is 23.1 Å². The molecule has 1 aromatic heterocycles. The number of pyridine rings is 1. The van der Waals surface area contributed by atoms with Gasteiger partial charge in [0.25, 0.3) is 0 Å². The van der Waals surface area contributed by atoms with Gasteiger partial charge in [-0.15, -0.1) is 0 Å². The Bertz CT molecular complexity index is 478. The minimum Gasteiger partial charge on any atom is -0.378 e. The van der Waals surface area contributed by atoms with E-state index in [2.05, 4.69) is 16.9 Å². The van der Waals surface area contributed by atoms with Crippen LogP contribution >= 0.6 is 0 Å². The Balaban J connectivity index is 1.90. The van der Waals surface area contributed by atoms with Gasteiger partial charge in [0, 0.05) is 19.3 Å². The third kappa shape index (κ3) is 2.80. The van der Waals surface area contributed by atoms with E-state index < -0.39 is 5.41 Å². The molecule has 2 aliphatic rings. The van der Waals surface area contributed by atoms with E-state index in [-0.39, 0.29) is 5.91 Å². The van der Waals surface area contributed by atoms with E-state index in [9.17, 15) is 4.79 Å². The summed E-state index contributed by atoms with van der Waals surface area (Å²) in [6.07, 6.45) is 3.48. The normalized spacial score (nSPS) is 23.0. The van der Waals surface area contributed by atoms with Gasteiger partial charge in [-0.2, -0.15) is 0 Å². The Hall–Kier alpha value is -1.46. The first kappa shape index (κ1) is 14.5. The predicted octanol–water partition coefficient (Wildman–Crippen LogP) is 0.904. The molecule has 0 N–H and O–H groups in total. The Morgan fingerprint density at radius 3 is 2.52 bits per heavy atom. The van der Waals surface area contributed by atoms with Crippen LogP contribution in [0.15, 0.2) is 24.4 Å². The monoisotopic (exact) mass is 289 g/mol. The fourth-order valence-corrected chi connectivity index (χ4v) is 3.29. The first-order valence-electron chi connectivity index (χ1n) is 7.69. The highest BCUT2D eigenvalue weighted by Gasteiger charge is 2.45. The number of nitrogens with zero attached hydrogens (tertiary/aromatic N) is 3. The van der Waals surface area contributed by atoms with Gasteiger partial charge in [-0.05, 0) is 45.1 Å². The van der Waals surface area contributed by atoms with Crippen LogP contribution in [0.25, 0.3) is 0 Å². The zero-order chi connectivity index (χ0) is 14.7. The smallest absolute Gasteiger partial charge is 0.235 e. The molecule has 3 rings (SSSR count). The molecule has 0 unspecified atom stereocenters. The van der Waals surface area contributed by atoms with Crippen molar-refractivity contribution in [3.05, 3.63) is 30.1 Å². The predicted molar refractivity (Wildman–Crippen MR) is 80.0 cm³/mol. The summed E-state index contributed by atoms with van der Waals surface area (Å²) in [5.41, 5.74) is 0.472. The van der Waals surface area contributed by atoms with Crippen LogP contribution in [0, 0.1) is 0 Å². The first-order valence-corrected chi connectivity index (χ1v) is 7.69. The summed E-state index contributed by atoms with van der Waals surface area (Å²) in [7, 11) is 2.11.